The Morgan fingerprint density at radius 1 is 0.742 bits per heavy atom. The summed E-state index contributed by atoms with van der Waals surface area (Å²) in [7, 11) is 0. The van der Waals surface area contributed by atoms with Crippen molar-refractivity contribution in [1.29, 1.82) is 0 Å². The molecule has 1 amide bonds. The Labute approximate surface area is 183 Å². The number of benzene rings is 3. The van der Waals surface area contributed by atoms with Gasteiger partial charge in [-0.15, -0.1) is 0 Å². The largest absolute Gasteiger partial charge is 0.370 e. The Morgan fingerprint density at radius 2 is 1.35 bits per heavy atom. The zero-order valence-corrected chi connectivity index (χ0v) is 17.4. The van der Waals surface area contributed by atoms with Crippen molar-refractivity contribution in [2.45, 2.75) is 19.0 Å². The summed E-state index contributed by atoms with van der Waals surface area (Å²) in [6, 6.07) is 31.4. The Hall–Kier alpha value is -3.92. The third-order valence-electron chi connectivity index (χ3n) is 5.24. The maximum absolute atomic E-state index is 13.2. The zero-order chi connectivity index (χ0) is 21.5. The fourth-order valence-electron chi connectivity index (χ4n) is 3.52. The Balaban J connectivity index is 1.54. The highest BCUT2D eigenvalue weighted by Crippen LogP contribution is 2.25. The van der Waals surface area contributed by atoms with Crippen molar-refractivity contribution in [3.63, 3.8) is 0 Å². The second kappa shape index (κ2) is 9.72. The van der Waals surface area contributed by atoms with E-state index in [4.69, 9.17) is 0 Å². The molecule has 4 rings (SSSR count). The van der Waals surface area contributed by atoms with Crippen LogP contribution in [0.5, 0.6) is 0 Å². The van der Waals surface area contributed by atoms with Gasteiger partial charge < -0.3 is 10.6 Å². The van der Waals surface area contributed by atoms with Crippen molar-refractivity contribution in [1.82, 2.24) is 10.3 Å². The maximum atomic E-state index is 13.2. The summed E-state index contributed by atoms with van der Waals surface area (Å²) in [5.74, 6) is -0.100. The third kappa shape index (κ3) is 5.17. The molecule has 0 radical (unpaired) electrons. The van der Waals surface area contributed by atoms with Crippen LogP contribution in [-0.2, 0) is 4.79 Å². The highest BCUT2D eigenvalue weighted by atomic mass is 16.2. The number of carbonyl (C=O) groups is 1. The second-order valence-corrected chi connectivity index (χ2v) is 7.45. The number of anilines is 1. The fraction of sp³-hybridized carbons (Fsp3) is 0.111. The van der Waals surface area contributed by atoms with Crippen LogP contribution < -0.4 is 10.6 Å². The van der Waals surface area contributed by atoms with Gasteiger partial charge in [0, 0.05) is 23.6 Å². The molecule has 1 aromatic heterocycles. The van der Waals surface area contributed by atoms with Gasteiger partial charge in [-0.05, 0) is 41.8 Å². The van der Waals surface area contributed by atoms with Crippen LogP contribution in [0.2, 0.25) is 0 Å². The van der Waals surface area contributed by atoms with E-state index in [9.17, 15) is 4.79 Å². The van der Waals surface area contributed by atoms with Crippen molar-refractivity contribution in [3.05, 3.63) is 121 Å². The number of rotatable bonds is 7. The molecule has 0 aliphatic rings. The molecule has 0 aliphatic heterocycles. The summed E-state index contributed by atoms with van der Waals surface area (Å²) in [6.45, 7) is 1.99. The van der Waals surface area contributed by atoms with Gasteiger partial charge in [-0.1, -0.05) is 78.9 Å². The lowest BCUT2D eigenvalue weighted by Gasteiger charge is -2.23. The first-order chi connectivity index (χ1) is 15.2. The van der Waals surface area contributed by atoms with Crippen LogP contribution in [0.1, 0.15) is 30.1 Å². The molecule has 0 saturated heterocycles. The maximum Gasteiger partial charge on any atom is 0.247 e. The molecule has 4 aromatic rings. The lowest BCUT2D eigenvalue weighted by atomic mass is 10.0. The van der Waals surface area contributed by atoms with E-state index in [0.29, 0.717) is 0 Å². The molecule has 0 bridgehead atoms. The lowest BCUT2D eigenvalue weighted by molar-refractivity contribution is -0.122. The van der Waals surface area contributed by atoms with Crippen LogP contribution in [-0.4, -0.2) is 10.9 Å². The Kier molecular flexibility index (Phi) is 6.38. The summed E-state index contributed by atoms with van der Waals surface area (Å²) < 4.78 is 0. The molecule has 2 atom stereocenters. The van der Waals surface area contributed by atoms with E-state index in [0.717, 1.165) is 27.9 Å². The zero-order valence-electron chi connectivity index (χ0n) is 17.4. The van der Waals surface area contributed by atoms with Crippen LogP contribution in [0, 0.1) is 0 Å². The van der Waals surface area contributed by atoms with Crippen LogP contribution in [0.4, 0.5) is 5.69 Å². The average molecular weight is 408 g/mol. The quantitative estimate of drug-likeness (QED) is 0.408. The predicted octanol–water partition coefficient (Wildman–Crippen LogP) is 5.78. The minimum absolute atomic E-state index is 0.100. The topological polar surface area (TPSA) is 54.0 Å². The van der Waals surface area contributed by atoms with Gasteiger partial charge in [0.25, 0.3) is 0 Å². The molecule has 1 heterocycles. The Bertz CT molecular complexity index is 1100. The van der Waals surface area contributed by atoms with E-state index in [1.807, 2.05) is 79.7 Å². The first-order valence-corrected chi connectivity index (χ1v) is 10.4. The molecule has 2 N–H and O–H groups in total. The third-order valence-corrected chi connectivity index (χ3v) is 5.24. The van der Waals surface area contributed by atoms with E-state index in [-0.39, 0.29) is 11.9 Å². The van der Waals surface area contributed by atoms with E-state index < -0.39 is 6.04 Å². The second-order valence-electron chi connectivity index (χ2n) is 7.45. The Morgan fingerprint density at radius 3 is 2.00 bits per heavy atom. The van der Waals surface area contributed by atoms with Gasteiger partial charge >= 0.3 is 0 Å². The standard InChI is InChI=1S/C27H25N3O/c1-20(21-9-4-2-5-10-21)29-27(31)26(24-13-8-18-28-19-24)30-25-16-14-23(15-17-25)22-11-6-3-7-12-22/h2-20,26,30H,1H3,(H,29,31)/t20-,26?/m0/s1. The monoisotopic (exact) mass is 407 g/mol. The summed E-state index contributed by atoms with van der Waals surface area (Å²) in [5, 5.41) is 6.50. The molecule has 0 saturated carbocycles. The number of amides is 1. The van der Waals surface area contributed by atoms with Crippen LogP contribution in [0.25, 0.3) is 11.1 Å². The van der Waals surface area contributed by atoms with Crippen molar-refractivity contribution in [2.75, 3.05) is 5.32 Å². The number of pyridine rings is 1. The van der Waals surface area contributed by atoms with Crippen molar-refractivity contribution in [3.8, 4) is 11.1 Å². The number of hydrogen-bond acceptors (Lipinski definition) is 3. The molecular formula is C27H25N3O. The molecule has 0 fully saturated rings. The van der Waals surface area contributed by atoms with Gasteiger partial charge in [-0.25, -0.2) is 0 Å². The highest BCUT2D eigenvalue weighted by Gasteiger charge is 2.22. The van der Waals surface area contributed by atoms with E-state index in [1.54, 1.807) is 12.4 Å². The minimum Gasteiger partial charge on any atom is -0.370 e. The van der Waals surface area contributed by atoms with Gasteiger partial charge in [0.05, 0.1) is 6.04 Å². The number of nitrogens with zero attached hydrogens (tertiary/aromatic N) is 1. The molecule has 0 aliphatic carbocycles. The first kappa shape index (κ1) is 20.4. The summed E-state index contributed by atoms with van der Waals surface area (Å²) in [4.78, 5) is 17.4. The predicted molar refractivity (Wildman–Crippen MR) is 125 cm³/mol. The molecule has 154 valence electrons. The number of nitrogens with one attached hydrogen (secondary N) is 2. The number of aromatic nitrogens is 1. The molecule has 4 heteroatoms. The van der Waals surface area contributed by atoms with Crippen molar-refractivity contribution >= 4 is 11.6 Å². The summed E-state index contributed by atoms with van der Waals surface area (Å²) >= 11 is 0. The summed E-state index contributed by atoms with van der Waals surface area (Å²) in [5.41, 5.74) is 5.04. The van der Waals surface area contributed by atoms with E-state index >= 15 is 0 Å². The van der Waals surface area contributed by atoms with Gasteiger partial charge in [0.2, 0.25) is 5.91 Å². The van der Waals surface area contributed by atoms with Crippen molar-refractivity contribution in [2.24, 2.45) is 0 Å². The van der Waals surface area contributed by atoms with Gasteiger partial charge in [-0.3, -0.25) is 9.78 Å². The van der Waals surface area contributed by atoms with Crippen LogP contribution in [0.15, 0.2) is 109 Å². The fourth-order valence-corrected chi connectivity index (χ4v) is 3.52. The van der Waals surface area contributed by atoms with E-state index in [1.165, 1.54) is 0 Å². The highest BCUT2D eigenvalue weighted by molar-refractivity contribution is 5.86. The van der Waals surface area contributed by atoms with Gasteiger partial charge in [0.1, 0.15) is 6.04 Å². The summed E-state index contributed by atoms with van der Waals surface area (Å²) in [6.07, 6.45) is 3.43. The molecule has 0 spiro atoms. The first-order valence-electron chi connectivity index (χ1n) is 10.4. The van der Waals surface area contributed by atoms with Crippen LogP contribution >= 0.6 is 0 Å². The number of hydrogen-bond donors (Lipinski definition) is 2. The average Bonchev–Trinajstić information content (AvgIpc) is 2.84. The molecule has 1 unspecified atom stereocenters. The van der Waals surface area contributed by atoms with Crippen molar-refractivity contribution < 1.29 is 4.79 Å². The normalized spacial score (nSPS) is 12.5. The van der Waals surface area contributed by atoms with Crippen LogP contribution in [0.3, 0.4) is 0 Å². The smallest absolute Gasteiger partial charge is 0.247 e. The SMILES string of the molecule is C[C@H](NC(=O)C(Nc1ccc(-c2ccccc2)cc1)c1cccnc1)c1ccccc1. The minimum atomic E-state index is -0.553. The lowest BCUT2D eigenvalue weighted by Crippen LogP contribution is -2.35. The molecule has 3 aromatic carbocycles. The molecule has 4 nitrogen and oxygen atoms in total. The molecule has 31 heavy (non-hydrogen) atoms. The van der Waals surface area contributed by atoms with E-state index in [2.05, 4.69) is 39.9 Å². The number of carbonyl (C=O) groups excluding carboxylic acids is 1. The molecular weight excluding hydrogens is 382 g/mol. The van der Waals surface area contributed by atoms with Gasteiger partial charge in [0.15, 0.2) is 0 Å². The van der Waals surface area contributed by atoms with Gasteiger partial charge in [-0.2, -0.15) is 0 Å².